The van der Waals surface area contributed by atoms with Gasteiger partial charge in [0.15, 0.2) is 5.78 Å². The van der Waals surface area contributed by atoms with Gasteiger partial charge in [0, 0.05) is 11.6 Å². The van der Waals surface area contributed by atoms with Gasteiger partial charge in [-0.2, -0.15) is 0 Å². The van der Waals surface area contributed by atoms with Crippen LogP contribution in [-0.4, -0.2) is 13.6 Å². The van der Waals surface area contributed by atoms with E-state index in [-0.39, 0.29) is 5.78 Å². The lowest BCUT2D eigenvalue weighted by molar-refractivity contribution is -0.113. The molecule has 0 bridgehead atoms. The van der Waals surface area contributed by atoms with Gasteiger partial charge in [0.1, 0.15) is 19.4 Å². The maximum atomic E-state index is 11.9. The van der Waals surface area contributed by atoms with Gasteiger partial charge >= 0.3 is 0 Å². The van der Waals surface area contributed by atoms with E-state index in [0.717, 1.165) is 33.0 Å². The van der Waals surface area contributed by atoms with Crippen LogP contribution in [0.1, 0.15) is 26.7 Å². The molecule has 1 aliphatic heterocycles. The van der Waals surface area contributed by atoms with E-state index < -0.39 is 0 Å². The number of hydrogen-bond acceptors (Lipinski definition) is 3. The highest BCUT2D eigenvalue weighted by Crippen LogP contribution is 2.35. The maximum absolute atomic E-state index is 11.9. The van der Waals surface area contributed by atoms with Crippen molar-refractivity contribution in [2.45, 2.75) is 26.7 Å². The number of carbonyl (C=O) groups excluding carboxylic acids is 1. The zero-order valence-corrected chi connectivity index (χ0v) is 14.1. The van der Waals surface area contributed by atoms with Crippen molar-refractivity contribution in [1.29, 1.82) is 0 Å². The number of rotatable bonds is 3. The Kier molecular flexibility index (Phi) is 4.62. The fourth-order valence-electron chi connectivity index (χ4n) is 2.63. The molecule has 0 amide bonds. The third-order valence-electron chi connectivity index (χ3n) is 3.78. The summed E-state index contributed by atoms with van der Waals surface area (Å²) in [6, 6.07) is 3.73. The predicted molar refractivity (Wildman–Crippen MR) is 98.1 cm³/mol. The summed E-state index contributed by atoms with van der Waals surface area (Å²) in [6.07, 6.45) is 11.7. The molecule has 0 spiro atoms. The molecule has 0 unspecified atom stereocenters. The second kappa shape index (κ2) is 6.67. The molecule has 0 N–H and O–H groups in total. The van der Waals surface area contributed by atoms with Crippen molar-refractivity contribution in [1.82, 2.24) is 0 Å². The molecule has 0 aromatic heterocycles. The molecule has 2 nitrogen and oxygen atoms in total. The minimum Gasteiger partial charge on any atom is -0.459 e. The van der Waals surface area contributed by atoms with Crippen LogP contribution in [0.2, 0.25) is 0 Å². The number of allylic oxidation sites excluding steroid dienone is 5. The normalized spacial score (nSPS) is 16.7. The summed E-state index contributed by atoms with van der Waals surface area (Å²) in [5.41, 5.74) is 0.727. The summed E-state index contributed by atoms with van der Waals surface area (Å²) >= 11 is 1.48. The van der Waals surface area contributed by atoms with Gasteiger partial charge in [0.2, 0.25) is 0 Å². The number of ether oxygens (including phenoxy) is 1. The smallest absolute Gasteiger partial charge is 0.169 e. The molecule has 0 atom stereocenters. The van der Waals surface area contributed by atoms with E-state index in [1.54, 1.807) is 6.92 Å². The molecule has 1 aliphatic carbocycles. The Morgan fingerprint density at radius 3 is 2.87 bits per heavy atom. The number of thioether (sulfide) groups is 1. The molecular formula is C19H17BO2S. The average Bonchev–Trinajstić information content (AvgIpc) is 2.78. The third kappa shape index (κ3) is 3.37. The van der Waals surface area contributed by atoms with Crippen LogP contribution < -0.4 is 20.6 Å². The highest BCUT2D eigenvalue weighted by Gasteiger charge is 2.19. The van der Waals surface area contributed by atoms with Crippen LogP contribution >= 0.6 is 11.8 Å². The van der Waals surface area contributed by atoms with E-state index in [1.807, 2.05) is 31.2 Å². The van der Waals surface area contributed by atoms with Crippen LogP contribution in [0.5, 0.6) is 5.75 Å². The van der Waals surface area contributed by atoms with Crippen molar-refractivity contribution in [2.75, 3.05) is 0 Å². The Morgan fingerprint density at radius 2 is 2.09 bits per heavy atom. The molecule has 3 rings (SSSR count). The Labute approximate surface area is 141 Å². The van der Waals surface area contributed by atoms with Crippen LogP contribution in [0.4, 0.5) is 0 Å². The minimum atomic E-state index is 0.0381. The van der Waals surface area contributed by atoms with Crippen LogP contribution in [0.3, 0.4) is 0 Å². The molecule has 0 saturated carbocycles. The van der Waals surface area contributed by atoms with Crippen molar-refractivity contribution >= 4 is 43.0 Å². The SMILES string of the molecule is [B]c1ccc(OC2=C(C(C)=O)SC(C)=CC2)c2c1=CC=CCC=2. The molecule has 2 aliphatic rings. The van der Waals surface area contributed by atoms with Gasteiger partial charge in [-0.1, -0.05) is 53.7 Å². The monoisotopic (exact) mass is 320 g/mol. The quantitative estimate of drug-likeness (QED) is 0.799. The van der Waals surface area contributed by atoms with E-state index in [2.05, 4.69) is 18.2 Å². The van der Waals surface area contributed by atoms with Crippen molar-refractivity contribution < 1.29 is 9.53 Å². The summed E-state index contributed by atoms with van der Waals surface area (Å²) in [6.45, 7) is 3.59. The van der Waals surface area contributed by atoms with Crippen LogP contribution in [0.15, 0.2) is 45.9 Å². The molecule has 0 saturated heterocycles. The Hall–Kier alpha value is -1.94. The molecular weight excluding hydrogens is 303 g/mol. The second-order valence-corrected chi connectivity index (χ2v) is 6.80. The zero-order chi connectivity index (χ0) is 16.4. The Balaban J connectivity index is 2.07. The van der Waals surface area contributed by atoms with Gasteiger partial charge in [-0.25, -0.2) is 0 Å². The Bertz CT molecular complexity index is 875. The lowest BCUT2D eigenvalue weighted by Gasteiger charge is -2.18. The van der Waals surface area contributed by atoms with Crippen molar-refractivity contribution in [3.63, 3.8) is 0 Å². The van der Waals surface area contributed by atoms with E-state index in [4.69, 9.17) is 12.6 Å². The van der Waals surface area contributed by atoms with Gasteiger partial charge in [-0.15, -0.1) is 0 Å². The average molecular weight is 320 g/mol. The first-order valence-electron chi connectivity index (χ1n) is 7.58. The number of benzene rings is 1. The standard InChI is InChI=1S/C19H17BO2S/c1-12-8-10-18(19(23-12)13(2)21)22-17-11-9-16(20)14-6-4-3-5-7-15(14)17/h3-4,6-9,11H,5,10H2,1-2H3. The molecule has 2 radical (unpaired) electrons. The summed E-state index contributed by atoms with van der Waals surface area (Å²) < 4.78 is 6.15. The highest BCUT2D eigenvalue weighted by atomic mass is 32.2. The van der Waals surface area contributed by atoms with Gasteiger partial charge < -0.3 is 4.74 Å². The van der Waals surface area contributed by atoms with E-state index >= 15 is 0 Å². The first-order chi connectivity index (χ1) is 11.1. The van der Waals surface area contributed by atoms with Crippen molar-refractivity contribution in [2.24, 2.45) is 0 Å². The molecule has 1 heterocycles. The molecule has 23 heavy (non-hydrogen) atoms. The fraction of sp³-hybridized carbons (Fsp3) is 0.211. The zero-order valence-electron chi connectivity index (χ0n) is 13.3. The summed E-state index contributed by atoms with van der Waals surface area (Å²) in [5.74, 6) is 1.50. The van der Waals surface area contributed by atoms with E-state index in [1.165, 1.54) is 11.8 Å². The highest BCUT2D eigenvalue weighted by molar-refractivity contribution is 8.07. The summed E-state index contributed by atoms with van der Waals surface area (Å²) in [5, 5.41) is 1.96. The number of Topliss-reactive ketones (excluding diaryl/α,β-unsaturated/α-hetero) is 1. The first kappa shape index (κ1) is 15.9. The lowest BCUT2D eigenvalue weighted by atomic mass is 9.92. The van der Waals surface area contributed by atoms with Gasteiger partial charge in [0.25, 0.3) is 0 Å². The lowest BCUT2D eigenvalue weighted by Crippen LogP contribution is -2.39. The maximum Gasteiger partial charge on any atom is 0.169 e. The summed E-state index contributed by atoms with van der Waals surface area (Å²) in [4.78, 5) is 13.7. The fourth-order valence-corrected chi connectivity index (χ4v) is 3.50. The van der Waals surface area contributed by atoms with Crippen LogP contribution in [0.25, 0.3) is 12.2 Å². The van der Waals surface area contributed by atoms with Crippen LogP contribution in [-0.2, 0) is 4.79 Å². The van der Waals surface area contributed by atoms with E-state index in [0.29, 0.717) is 17.1 Å². The van der Waals surface area contributed by atoms with Gasteiger partial charge in [0.05, 0.1) is 4.91 Å². The van der Waals surface area contributed by atoms with Gasteiger partial charge in [-0.3, -0.25) is 4.79 Å². The molecule has 0 fully saturated rings. The third-order valence-corrected chi connectivity index (χ3v) is 4.99. The minimum absolute atomic E-state index is 0.0381. The number of hydrogen-bond donors (Lipinski definition) is 0. The second-order valence-electron chi connectivity index (χ2n) is 5.55. The van der Waals surface area contributed by atoms with Crippen LogP contribution in [0, 0.1) is 0 Å². The number of ketones is 1. The first-order valence-corrected chi connectivity index (χ1v) is 8.40. The molecule has 114 valence electrons. The van der Waals surface area contributed by atoms with E-state index in [9.17, 15) is 4.79 Å². The predicted octanol–water partition coefficient (Wildman–Crippen LogP) is 2.22. The Morgan fingerprint density at radius 1 is 1.26 bits per heavy atom. The number of fused-ring (bicyclic) bond motifs is 1. The largest absolute Gasteiger partial charge is 0.459 e. The molecule has 4 heteroatoms. The topological polar surface area (TPSA) is 26.3 Å². The van der Waals surface area contributed by atoms with Crippen molar-refractivity contribution in [3.8, 4) is 5.75 Å². The molecule has 1 aromatic rings. The van der Waals surface area contributed by atoms with Gasteiger partial charge in [-0.05, 0) is 36.5 Å². The van der Waals surface area contributed by atoms with Crippen molar-refractivity contribution in [3.05, 3.63) is 56.4 Å². The molecule has 1 aromatic carbocycles. The number of carbonyl (C=O) groups is 1. The summed E-state index contributed by atoms with van der Waals surface area (Å²) in [7, 11) is 6.09.